The lowest BCUT2D eigenvalue weighted by molar-refractivity contribution is -0.127. The van der Waals surface area contributed by atoms with Crippen molar-refractivity contribution in [1.82, 2.24) is 0 Å². The number of nitrogens with zero attached hydrogens (tertiary/aromatic N) is 4. The summed E-state index contributed by atoms with van der Waals surface area (Å²) in [5.41, 5.74) is 12.9. The molecule has 0 saturated carbocycles. The van der Waals surface area contributed by atoms with E-state index in [1.54, 1.807) is 34.4 Å². The lowest BCUT2D eigenvalue weighted by atomic mass is 9.85. The molecule has 0 aliphatic carbocycles. The van der Waals surface area contributed by atoms with Gasteiger partial charge in [-0.1, -0.05) is 96.1 Å². The summed E-state index contributed by atoms with van der Waals surface area (Å²) in [4.78, 5) is 72.5. The SMILES string of the molecule is Cc1cc(C)c(C2[C@H]3C(=O)N(c4ccc(Cc5ccc(N6C(=O)[C@@H]7ON(c8ccccc8)C(c8c(C)cc(C)cc8C)[C@@H]7C6=O)cc5)cc4)C(=O)[C@H]3ON2c2ccccc2)c(C)c1. The Morgan fingerprint density at radius 1 is 0.413 bits per heavy atom. The number of carbonyl (C=O) groups is 4. The van der Waals surface area contributed by atoms with Crippen LogP contribution in [0.2, 0.25) is 0 Å². The number of fused-ring (bicyclic) bond motifs is 2. The maximum absolute atomic E-state index is 14.4. The van der Waals surface area contributed by atoms with Crippen LogP contribution < -0.4 is 19.9 Å². The summed E-state index contributed by atoms with van der Waals surface area (Å²) in [7, 11) is 0. The van der Waals surface area contributed by atoms with Crippen LogP contribution in [0.3, 0.4) is 0 Å². The molecule has 0 spiro atoms. The van der Waals surface area contributed by atoms with Crippen LogP contribution >= 0.6 is 0 Å². The molecule has 4 heterocycles. The van der Waals surface area contributed by atoms with Crippen molar-refractivity contribution in [2.45, 2.75) is 72.3 Å². The first kappa shape index (κ1) is 40.2. The number of hydroxylamine groups is 2. The topological polar surface area (TPSA) is 99.7 Å². The first-order valence-electron chi connectivity index (χ1n) is 21.5. The fraction of sp³-hybridized carbons (Fsp3) is 0.245. The Balaban J connectivity index is 0.869. The Bertz CT molecular complexity index is 2570. The van der Waals surface area contributed by atoms with Gasteiger partial charge in [-0.25, -0.2) is 19.9 Å². The van der Waals surface area contributed by atoms with Gasteiger partial charge in [0, 0.05) is 0 Å². The molecule has 4 fully saturated rings. The highest BCUT2D eigenvalue weighted by Crippen LogP contribution is 2.51. The number of amides is 4. The highest BCUT2D eigenvalue weighted by molar-refractivity contribution is 6.24. The number of rotatable bonds is 8. The molecule has 6 atom stereocenters. The van der Waals surface area contributed by atoms with Gasteiger partial charge in [-0.15, -0.1) is 0 Å². The molecular weight excluding hydrogens is 789 g/mol. The van der Waals surface area contributed by atoms with E-state index in [1.807, 2.05) is 113 Å². The monoisotopic (exact) mass is 836 g/mol. The molecule has 6 aromatic carbocycles. The molecule has 6 aromatic rings. The molecule has 10 nitrogen and oxygen atoms in total. The minimum Gasteiger partial charge on any atom is -0.273 e. The molecule has 4 amide bonds. The second-order valence-electron chi connectivity index (χ2n) is 17.5. The number of hydrogen-bond donors (Lipinski definition) is 0. The second kappa shape index (κ2) is 15.5. The Kier molecular flexibility index (Phi) is 9.88. The van der Waals surface area contributed by atoms with Crippen LogP contribution in [0.25, 0.3) is 0 Å². The average molecular weight is 837 g/mol. The Morgan fingerprint density at radius 3 is 1.08 bits per heavy atom. The van der Waals surface area contributed by atoms with Gasteiger partial charge in [-0.2, -0.15) is 0 Å². The van der Waals surface area contributed by atoms with Crippen molar-refractivity contribution in [2.24, 2.45) is 11.8 Å². The third-order valence-corrected chi connectivity index (χ3v) is 13.1. The molecule has 0 N–H and O–H groups in total. The standard InChI is InChI=1S/C53H48N4O6/c1-30-25-32(3)42(33(4)26-30)46-44-48(62-56(46)40-13-9-7-10-14-40)52(60)54(50(44)58)38-21-17-36(18-22-38)29-37-19-23-39(24-20-37)55-51(59)45-47(43-34(5)27-31(2)28-35(43)6)57(63-49(45)53(55)61)41-15-11-8-12-16-41/h7-28,44-49H,29H2,1-6H3/t44-,45+,46?,47?,48+,49-. The molecule has 2 unspecified atom stereocenters. The van der Waals surface area contributed by atoms with E-state index < -0.39 is 36.1 Å². The number of hydrogen-bond acceptors (Lipinski definition) is 8. The van der Waals surface area contributed by atoms with E-state index in [9.17, 15) is 19.2 Å². The molecule has 4 aliphatic heterocycles. The number of anilines is 4. The molecule has 4 aliphatic rings. The Labute approximate surface area is 367 Å². The number of aryl methyl sites for hydroxylation is 6. The zero-order valence-electron chi connectivity index (χ0n) is 36.1. The van der Waals surface area contributed by atoms with E-state index in [2.05, 4.69) is 38.1 Å². The molecule has 4 saturated heterocycles. The van der Waals surface area contributed by atoms with Crippen molar-refractivity contribution in [3.05, 3.63) is 189 Å². The van der Waals surface area contributed by atoms with E-state index in [0.717, 1.165) is 67.0 Å². The molecule has 316 valence electrons. The summed E-state index contributed by atoms with van der Waals surface area (Å²) in [6, 6.07) is 41.6. The predicted octanol–water partition coefficient (Wildman–Crippen LogP) is 9.23. The molecular formula is C53H48N4O6. The van der Waals surface area contributed by atoms with Crippen LogP contribution in [0.1, 0.15) is 67.7 Å². The maximum atomic E-state index is 14.4. The highest BCUT2D eigenvalue weighted by atomic mass is 16.7. The Morgan fingerprint density at radius 2 is 0.746 bits per heavy atom. The van der Waals surface area contributed by atoms with Gasteiger partial charge in [0.1, 0.15) is 11.8 Å². The number of benzene rings is 6. The first-order valence-corrected chi connectivity index (χ1v) is 21.5. The van der Waals surface area contributed by atoms with Crippen molar-refractivity contribution in [1.29, 1.82) is 0 Å². The lowest BCUT2D eigenvalue weighted by Crippen LogP contribution is -2.37. The van der Waals surface area contributed by atoms with E-state index in [0.29, 0.717) is 17.8 Å². The van der Waals surface area contributed by atoms with E-state index >= 15 is 0 Å². The van der Waals surface area contributed by atoms with Crippen LogP contribution in [0.4, 0.5) is 22.7 Å². The first-order chi connectivity index (χ1) is 30.4. The third-order valence-electron chi connectivity index (χ3n) is 13.1. The molecule has 10 rings (SSSR count). The average Bonchev–Trinajstić information content (AvgIpc) is 3.97. The summed E-state index contributed by atoms with van der Waals surface area (Å²) in [5, 5.41) is 3.50. The quantitative estimate of drug-likeness (QED) is 0.140. The van der Waals surface area contributed by atoms with Crippen molar-refractivity contribution >= 4 is 46.4 Å². The van der Waals surface area contributed by atoms with Crippen molar-refractivity contribution in [2.75, 3.05) is 19.9 Å². The normalized spacial score (nSPS) is 23.0. The van der Waals surface area contributed by atoms with E-state index in [4.69, 9.17) is 9.68 Å². The molecule has 63 heavy (non-hydrogen) atoms. The molecule has 0 aromatic heterocycles. The zero-order valence-corrected chi connectivity index (χ0v) is 36.1. The summed E-state index contributed by atoms with van der Waals surface area (Å²) >= 11 is 0. The van der Waals surface area contributed by atoms with Crippen LogP contribution in [-0.2, 0) is 35.3 Å². The summed E-state index contributed by atoms with van der Waals surface area (Å²) in [6.45, 7) is 12.3. The van der Waals surface area contributed by atoms with Gasteiger partial charge in [0.15, 0.2) is 12.2 Å². The van der Waals surface area contributed by atoms with Gasteiger partial charge in [0.05, 0.1) is 34.8 Å². The minimum absolute atomic E-state index is 0.292. The summed E-state index contributed by atoms with van der Waals surface area (Å²) in [6.07, 6.45) is -1.38. The fourth-order valence-electron chi connectivity index (χ4n) is 10.6. The van der Waals surface area contributed by atoms with E-state index in [-0.39, 0.29) is 23.6 Å². The largest absolute Gasteiger partial charge is 0.273 e. The maximum Gasteiger partial charge on any atom is 0.266 e. The molecule has 0 bridgehead atoms. The van der Waals surface area contributed by atoms with E-state index in [1.165, 1.54) is 9.80 Å². The van der Waals surface area contributed by atoms with Crippen molar-refractivity contribution in [3.8, 4) is 0 Å². The van der Waals surface area contributed by atoms with Crippen LogP contribution in [-0.4, -0.2) is 35.8 Å². The molecule has 10 heteroatoms. The van der Waals surface area contributed by atoms with Gasteiger partial charge in [-0.05, 0) is 141 Å². The number of imide groups is 2. The zero-order chi connectivity index (χ0) is 43.8. The van der Waals surface area contributed by atoms with Gasteiger partial charge in [0.25, 0.3) is 11.8 Å². The number of carbonyl (C=O) groups excluding carboxylic acids is 4. The van der Waals surface area contributed by atoms with Gasteiger partial charge < -0.3 is 0 Å². The van der Waals surface area contributed by atoms with Crippen molar-refractivity contribution in [3.63, 3.8) is 0 Å². The predicted molar refractivity (Wildman–Crippen MR) is 242 cm³/mol. The van der Waals surface area contributed by atoms with Gasteiger partial charge in [0.2, 0.25) is 11.8 Å². The fourth-order valence-corrected chi connectivity index (χ4v) is 10.6. The van der Waals surface area contributed by atoms with Gasteiger partial charge >= 0.3 is 0 Å². The van der Waals surface area contributed by atoms with Crippen LogP contribution in [0, 0.1) is 53.4 Å². The summed E-state index contributed by atoms with van der Waals surface area (Å²) < 4.78 is 0. The second-order valence-corrected chi connectivity index (χ2v) is 17.5. The highest BCUT2D eigenvalue weighted by Gasteiger charge is 2.62. The van der Waals surface area contributed by atoms with Gasteiger partial charge in [-0.3, -0.25) is 28.9 Å². The smallest absolute Gasteiger partial charge is 0.266 e. The summed E-state index contributed by atoms with van der Waals surface area (Å²) in [5.74, 6) is -2.83. The minimum atomic E-state index is -0.967. The Hall–Kier alpha value is -6.88. The molecule has 0 radical (unpaired) electrons. The lowest BCUT2D eigenvalue weighted by Gasteiger charge is -2.31. The number of para-hydroxylation sites is 2. The third kappa shape index (κ3) is 6.63. The van der Waals surface area contributed by atoms with Crippen LogP contribution in [0.5, 0.6) is 0 Å². The van der Waals surface area contributed by atoms with Crippen LogP contribution in [0.15, 0.2) is 133 Å². The van der Waals surface area contributed by atoms with Crippen molar-refractivity contribution < 1.29 is 28.9 Å².